The van der Waals surface area contributed by atoms with Crippen LogP contribution >= 0.6 is 11.8 Å². The second kappa shape index (κ2) is 7.71. The van der Waals surface area contributed by atoms with Crippen LogP contribution in [0.1, 0.15) is 12.0 Å². The molecular formula is C13H21NO2S. The van der Waals surface area contributed by atoms with Crippen molar-refractivity contribution in [1.82, 2.24) is 4.90 Å². The van der Waals surface area contributed by atoms with Crippen LogP contribution in [0.25, 0.3) is 0 Å². The first kappa shape index (κ1) is 14.5. The van der Waals surface area contributed by atoms with Crippen LogP contribution in [0, 0.1) is 0 Å². The maximum Gasteiger partial charge on any atom is 0.0587 e. The van der Waals surface area contributed by atoms with Crippen LogP contribution in [0.4, 0.5) is 0 Å². The Morgan fingerprint density at radius 1 is 1.24 bits per heavy atom. The van der Waals surface area contributed by atoms with Crippen LogP contribution in [-0.2, 0) is 6.54 Å². The lowest BCUT2D eigenvalue weighted by Crippen LogP contribution is -2.35. The molecule has 96 valence electrons. The van der Waals surface area contributed by atoms with Crippen LogP contribution in [-0.4, -0.2) is 47.7 Å². The minimum Gasteiger partial charge on any atom is -0.396 e. The zero-order chi connectivity index (χ0) is 12.7. The van der Waals surface area contributed by atoms with Crippen LogP contribution in [0.5, 0.6) is 0 Å². The Balaban J connectivity index is 2.56. The number of rotatable bonds is 7. The summed E-state index contributed by atoms with van der Waals surface area (Å²) < 4.78 is 0. The van der Waals surface area contributed by atoms with Crippen molar-refractivity contribution in [3.8, 4) is 0 Å². The van der Waals surface area contributed by atoms with Crippen LogP contribution in [0.3, 0.4) is 0 Å². The predicted molar refractivity (Wildman–Crippen MR) is 72.3 cm³/mol. The van der Waals surface area contributed by atoms with Crippen molar-refractivity contribution in [2.75, 3.05) is 26.5 Å². The van der Waals surface area contributed by atoms with E-state index in [1.54, 1.807) is 11.8 Å². The van der Waals surface area contributed by atoms with Gasteiger partial charge in [0, 0.05) is 24.1 Å². The second-order valence-electron chi connectivity index (χ2n) is 4.11. The van der Waals surface area contributed by atoms with Gasteiger partial charge in [0.05, 0.1) is 6.61 Å². The fraction of sp³-hybridized carbons (Fsp3) is 0.538. The third kappa shape index (κ3) is 4.68. The molecule has 0 spiro atoms. The van der Waals surface area contributed by atoms with Gasteiger partial charge in [-0.05, 0) is 37.4 Å². The molecule has 17 heavy (non-hydrogen) atoms. The summed E-state index contributed by atoms with van der Waals surface area (Å²) in [5.41, 5.74) is 1.22. The molecule has 0 aliphatic carbocycles. The smallest absolute Gasteiger partial charge is 0.0587 e. The van der Waals surface area contributed by atoms with Gasteiger partial charge in [-0.15, -0.1) is 11.8 Å². The topological polar surface area (TPSA) is 43.7 Å². The first-order valence-corrected chi connectivity index (χ1v) is 6.98. The summed E-state index contributed by atoms with van der Waals surface area (Å²) in [4.78, 5) is 3.33. The Labute approximate surface area is 107 Å². The molecule has 4 heteroatoms. The zero-order valence-electron chi connectivity index (χ0n) is 10.5. The number of aliphatic hydroxyl groups is 2. The third-order valence-corrected chi connectivity index (χ3v) is 3.63. The van der Waals surface area contributed by atoms with Crippen molar-refractivity contribution >= 4 is 11.8 Å². The summed E-state index contributed by atoms with van der Waals surface area (Å²) in [6, 6.07) is 8.45. The van der Waals surface area contributed by atoms with E-state index in [-0.39, 0.29) is 19.3 Å². The minimum absolute atomic E-state index is 0.0280. The van der Waals surface area contributed by atoms with Crippen molar-refractivity contribution in [3.05, 3.63) is 29.8 Å². The maximum absolute atomic E-state index is 9.23. The van der Waals surface area contributed by atoms with Crippen LogP contribution in [0.2, 0.25) is 0 Å². The maximum atomic E-state index is 9.23. The molecule has 1 unspecified atom stereocenters. The summed E-state index contributed by atoms with van der Waals surface area (Å²) in [5.74, 6) is 0. The van der Waals surface area contributed by atoms with E-state index >= 15 is 0 Å². The van der Waals surface area contributed by atoms with Crippen molar-refractivity contribution in [2.24, 2.45) is 0 Å². The molecular weight excluding hydrogens is 234 g/mol. The molecule has 0 fully saturated rings. The molecule has 0 aromatic heterocycles. The lowest BCUT2D eigenvalue weighted by atomic mass is 10.1. The molecule has 0 bridgehead atoms. The fourth-order valence-electron chi connectivity index (χ4n) is 1.75. The Hall–Kier alpha value is -0.550. The molecule has 0 saturated carbocycles. The number of aliphatic hydroxyl groups excluding tert-OH is 2. The van der Waals surface area contributed by atoms with E-state index in [1.807, 2.05) is 7.05 Å². The average molecular weight is 255 g/mol. The van der Waals surface area contributed by atoms with E-state index in [1.165, 1.54) is 10.5 Å². The van der Waals surface area contributed by atoms with Crippen molar-refractivity contribution in [1.29, 1.82) is 0 Å². The Morgan fingerprint density at radius 3 is 2.35 bits per heavy atom. The summed E-state index contributed by atoms with van der Waals surface area (Å²) in [5, 5.41) is 18.1. The molecule has 1 atom stereocenters. The van der Waals surface area contributed by atoms with E-state index in [0.29, 0.717) is 6.42 Å². The normalized spacial score (nSPS) is 13.0. The number of thioether (sulfide) groups is 1. The van der Waals surface area contributed by atoms with Gasteiger partial charge in [-0.1, -0.05) is 12.1 Å². The highest BCUT2D eigenvalue weighted by molar-refractivity contribution is 7.98. The van der Waals surface area contributed by atoms with E-state index in [2.05, 4.69) is 35.4 Å². The van der Waals surface area contributed by atoms with Crippen molar-refractivity contribution in [2.45, 2.75) is 23.9 Å². The van der Waals surface area contributed by atoms with E-state index < -0.39 is 0 Å². The van der Waals surface area contributed by atoms with Gasteiger partial charge in [0.1, 0.15) is 0 Å². The number of hydrogen-bond donors (Lipinski definition) is 2. The van der Waals surface area contributed by atoms with Crippen LogP contribution in [0.15, 0.2) is 29.2 Å². The largest absolute Gasteiger partial charge is 0.396 e. The molecule has 1 rings (SSSR count). The van der Waals surface area contributed by atoms with Gasteiger partial charge in [-0.25, -0.2) is 0 Å². The summed E-state index contributed by atoms with van der Waals surface area (Å²) in [6.45, 7) is 0.987. The SMILES string of the molecule is CSc1ccc(CN(C)C(CO)CCO)cc1. The third-order valence-electron chi connectivity index (χ3n) is 2.89. The first-order valence-electron chi connectivity index (χ1n) is 5.76. The highest BCUT2D eigenvalue weighted by Crippen LogP contribution is 2.16. The van der Waals surface area contributed by atoms with Gasteiger partial charge in [-0.2, -0.15) is 0 Å². The van der Waals surface area contributed by atoms with E-state index in [4.69, 9.17) is 5.11 Å². The highest BCUT2D eigenvalue weighted by Gasteiger charge is 2.13. The number of likely N-dealkylation sites (N-methyl/N-ethyl adjacent to an activating group) is 1. The van der Waals surface area contributed by atoms with E-state index in [0.717, 1.165) is 6.54 Å². The van der Waals surface area contributed by atoms with Crippen molar-refractivity contribution in [3.63, 3.8) is 0 Å². The standard InChI is InChI=1S/C13H21NO2S/c1-14(12(10-16)7-8-15)9-11-3-5-13(17-2)6-4-11/h3-6,12,15-16H,7-10H2,1-2H3. The molecule has 0 aliphatic rings. The van der Waals surface area contributed by atoms with Gasteiger partial charge in [0.25, 0.3) is 0 Å². The number of hydrogen-bond acceptors (Lipinski definition) is 4. The summed E-state index contributed by atoms with van der Waals surface area (Å²) >= 11 is 1.73. The van der Waals surface area contributed by atoms with Gasteiger partial charge in [-0.3, -0.25) is 4.90 Å². The first-order chi connectivity index (χ1) is 8.21. The lowest BCUT2D eigenvalue weighted by Gasteiger charge is -2.25. The fourth-order valence-corrected chi connectivity index (χ4v) is 2.16. The van der Waals surface area contributed by atoms with Gasteiger partial charge < -0.3 is 10.2 Å². The summed E-state index contributed by atoms with van der Waals surface area (Å²) in [6.07, 6.45) is 2.67. The van der Waals surface area contributed by atoms with Gasteiger partial charge in [0.15, 0.2) is 0 Å². The zero-order valence-corrected chi connectivity index (χ0v) is 11.3. The molecule has 2 N–H and O–H groups in total. The lowest BCUT2D eigenvalue weighted by molar-refractivity contribution is 0.115. The highest BCUT2D eigenvalue weighted by atomic mass is 32.2. The van der Waals surface area contributed by atoms with Gasteiger partial charge >= 0.3 is 0 Å². The second-order valence-corrected chi connectivity index (χ2v) is 4.99. The quantitative estimate of drug-likeness (QED) is 0.726. The Morgan fingerprint density at radius 2 is 1.88 bits per heavy atom. The molecule has 0 radical (unpaired) electrons. The molecule has 1 aromatic rings. The molecule has 0 saturated heterocycles. The predicted octanol–water partition coefficient (Wildman–Crippen LogP) is 1.58. The van der Waals surface area contributed by atoms with E-state index in [9.17, 15) is 5.11 Å². The van der Waals surface area contributed by atoms with Crippen molar-refractivity contribution < 1.29 is 10.2 Å². The van der Waals surface area contributed by atoms with Crippen LogP contribution < -0.4 is 0 Å². The molecule has 0 heterocycles. The molecule has 3 nitrogen and oxygen atoms in total. The monoisotopic (exact) mass is 255 g/mol. The van der Waals surface area contributed by atoms with Gasteiger partial charge in [0.2, 0.25) is 0 Å². The summed E-state index contributed by atoms with van der Waals surface area (Å²) in [7, 11) is 1.97. The Bertz CT molecular complexity index is 316. The minimum atomic E-state index is 0.0280. The average Bonchev–Trinajstić information content (AvgIpc) is 2.36. The molecule has 1 aromatic carbocycles. The molecule has 0 aliphatic heterocycles. The Kier molecular flexibility index (Phi) is 6.58. The number of nitrogens with zero attached hydrogens (tertiary/aromatic N) is 1. The molecule has 0 amide bonds. The number of benzene rings is 1.